The monoisotopic (exact) mass is 543 g/mol. The van der Waals surface area contributed by atoms with E-state index in [1.54, 1.807) is 23.1 Å². The first-order valence-corrected chi connectivity index (χ1v) is 13.0. The fraction of sp³-hybridized carbons (Fsp3) is 0.194. The van der Waals surface area contributed by atoms with Crippen molar-refractivity contribution in [1.29, 1.82) is 0 Å². The van der Waals surface area contributed by atoms with Crippen molar-refractivity contribution >= 4 is 27.5 Å². The SMILES string of the molecule is O=C1C(CCCc2ccccc2)C(c2ccc(Br)cc2OCc2ccccc2)N1c1ccccc1F. The summed E-state index contributed by atoms with van der Waals surface area (Å²) >= 11 is 3.56. The Morgan fingerprint density at radius 3 is 2.22 bits per heavy atom. The zero-order valence-electron chi connectivity index (χ0n) is 19.8. The third-order valence-corrected chi connectivity index (χ3v) is 7.17. The first-order valence-electron chi connectivity index (χ1n) is 12.2. The second kappa shape index (κ2) is 11.1. The number of amides is 1. The smallest absolute Gasteiger partial charge is 0.233 e. The Morgan fingerprint density at radius 2 is 1.50 bits per heavy atom. The van der Waals surface area contributed by atoms with Gasteiger partial charge in [0, 0.05) is 10.0 Å². The number of para-hydroxylation sites is 1. The molecule has 1 aliphatic rings. The molecule has 1 heterocycles. The van der Waals surface area contributed by atoms with Gasteiger partial charge in [-0.1, -0.05) is 94.8 Å². The number of rotatable bonds is 9. The van der Waals surface area contributed by atoms with Crippen molar-refractivity contribution in [2.75, 3.05) is 4.90 Å². The maximum Gasteiger partial charge on any atom is 0.233 e. The van der Waals surface area contributed by atoms with Crippen molar-refractivity contribution in [3.63, 3.8) is 0 Å². The molecular formula is C31H27BrFNO2. The van der Waals surface area contributed by atoms with E-state index in [1.165, 1.54) is 11.6 Å². The number of aryl methyl sites for hydroxylation is 1. The highest BCUT2D eigenvalue weighted by Gasteiger charge is 2.50. The van der Waals surface area contributed by atoms with E-state index in [2.05, 4.69) is 28.1 Å². The molecule has 182 valence electrons. The van der Waals surface area contributed by atoms with Crippen LogP contribution >= 0.6 is 15.9 Å². The number of nitrogens with zero attached hydrogens (tertiary/aromatic N) is 1. The standard InChI is InChI=1S/C31H27BrFNO2/c32-24-18-19-25(29(20-24)36-21-23-12-5-2-6-13-23)30-26(15-9-14-22-10-3-1-4-11-22)31(35)34(30)28-17-8-7-16-27(28)33/h1-8,10-13,16-20,26,30H,9,14-15,21H2. The van der Waals surface area contributed by atoms with Crippen LogP contribution in [-0.4, -0.2) is 5.91 Å². The van der Waals surface area contributed by atoms with Crippen LogP contribution in [0.1, 0.15) is 35.6 Å². The Labute approximate surface area is 219 Å². The van der Waals surface area contributed by atoms with E-state index < -0.39 is 5.82 Å². The van der Waals surface area contributed by atoms with Crippen LogP contribution in [0.2, 0.25) is 0 Å². The number of β-lactam (4-membered cyclic amide) rings is 1. The number of hydrogen-bond donors (Lipinski definition) is 0. The summed E-state index contributed by atoms with van der Waals surface area (Å²) in [5.41, 5.74) is 3.51. The van der Waals surface area contributed by atoms with Gasteiger partial charge >= 0.3 is 0 Å². The van der Waals surface area contributed by atoms with E-state index in [0.29, 0.717) is 18.0 Å². The van der Waals surface area contributed by atoms with Crippen molar-refractivity contribution in [1.82, 2.24) is 0 Å². The average molecular weight is 544 g/mol. The third-order valence-electron chi connectivity index (χ3n) is 6.68. The summed E-state index contributed by atoms with van der Waals surface area (Å²) in [5, 5.41) is 0. The molecule has 1 amide bonds. The minimum Gasteiger partial charge on any atom is -0.489 e. The summed E-state index contributed by atoms with van der Waals surface area (Å²) in [5.74, 6) is 0.00577. The maximum absolute atomic E-state index is 14.8. The number of carbonyl (C=O) groups is 1. The van der Waals surface area contributed by atoms with Gasteiger partial charge in [-0.2, -0.15) is 0 Å². The van der Waals surface area contributed by atoms with E-state index in [1.807, 2.05) is 66.7 Å². The summed E-state index contributed by atoms with van der Waals surface area (Å²) in [6.07, 6.45) is 2.49. The lowest BCUT2D eigenvalue weighted by Crippen LogP contribution is -2.55. The van der Waals surface area contributed by atoms with Gasteiger partial charge in [-0.15, -0.1) is 0 Å². The molecular weight excluding hydrogens is 517 g/mol. The lowest BCUT2D eigenvalue weighted by Gasteiger charge is -2.48. The van der Waals surface area contributed by atoms with Gasteiger partial charge in [-0.05, 0) is 54.7 Å². The number of halogens is 2. The second-order valence-corrected chi connectivity index (χ2v) is 9.96. The second-order valence-electron chi connectivity index (χ2n) is 9.05. The summed E-state index contributed by atoms with van der Waals surface area (Å²) in [6.45, 7) is 0.406. The van der Waals surface area contributed by atoms with Crippen LogP contribution < -0.4 is 9.64 Å². The molecule has 2 unspecified atom stereocenters. The quantitative estimate of drug-likeness (QED) is 0.201. The van der Waals surface area contributed by atoms with Crippen molar-refractivity contribution in [3.8, 4) is 5.75 Å². The summed E-state index contributed by atoms with van der Waals surface area (Å²) in [6, 6.07) is 32.3. The van der Waals surface area contributed by atoms with Gasteiger partial charge in [0.15, 0.2) is 0 Å². The van der Waals surface area contributed by atoms with Gasteiger partial charge in [-0.3, -0.25) is 4.79 Å². The lowest BCUT2D eigenvalue weighted by atomic mass is 9.78. The molecule has 0 aromatic heterocycles. The molecule has 1 aliphatic heterocycles. The van der Waals surface area contributed by atoms with E-state index in [-0.39, 0.29) is 17.9 Å². The van der Waals surface area contributed by atoms with Crippen LogP contribution in [0.15, 0.2) is 108 Å². The largest absolute Gasteiger partial charge is 0.489 e. The van der Waals surface area contributed by atoms with Crippen LogP contribution in [0.4, 0.5) is 10.1 Å². The van der Waals surface area contributed by atoms with Crippen LogP contribution in [0.5, 0.6) is 5.75 Å². The number of hydrogen-bond acceptors (Lipinski definition) is 2. The van der Waals surface area contributed by atoms with Gasteiger partial charge in [0.2, 0.25) is 5.91 Å². The highest BCUT2D eigenvalue weighted by molar-refractivity contribution is 9.10. The van der Waals surface area contributed by atoms with E-state index >= 15 is 0 Å². The fourth-order valence-electron chi connectivity index (χ4n) is 4.89. The molecule has 0 saturated carbocycles. The van der Waals surface area contributed by atoms with Crippen LogP contribution in [0.25, 0.3) is 0 Å². The number of ether oxygens (including phenoxy) is 1. The number of benzene rings is 4. The molecule has 1 saturated heterocycles. The topological polar surface area (TPSA) is 29.5 Å². The zero-order chi connectivity index (χ0) is 24.9. The van der Waals surface area contributed by atoms with Crippen molar-refractivity contribution in [2.45, 2.75) is 31.9 Å². The van der Waals surface area contributed by atoms with Crippen LogP contribution in [-0.2, 0) is 17.8 Å². The average Bonchev–Trinajstić information content (AvgIpc) is 2.91. The molecule has 36 heavy (non-hydrogen) atoms. The zero-order valence-corrected chi connectivity index (χ0v) is 21.4. The summed E-state index contributed by atoms with van der Waals surface area (Å²) in [7, 11) is 0. The Balaban J connectivity index is 1.44. The van der Waals surface area contributed by atoms with E-state index in [4.69, 9.17) is 4.74 Å². The van der Waals surface area contributed by atoms with E-state index in [9.17, 15) is 9.18 Å². The van der Waals surface area contributed by atoms with Gasteiger partial charge < -0.3 is 9.64 Å². The Bertz CT molecular complexity index is 1330. The molecule has 4 aromatic carbocycles. The summed E-state index contributed by atoms with van der Waals surface area (Å²) < 4.78 is 22.0. The molecule has 0 aliphatic carbocycles. The molecule has 0 N–H and O–H groups in total. The minimum atomic E-state index is -0.401. The van der Waals surface area contributed by atoms with Gasteiger partial charge in [-0.25, -0.2) is 4.39 Å². The summed E-state index contributed by atoms with van der Waals surface area (Å²) in [4.78, 5) is 15.0. The maximum atomic E-state index is 14.8. The molecule has 3 nitrogen and oxygen atoms in total. The van der Waals surface area contributed by atoms with Crippen molar-refractivity contribution in [2.24, 2.45) is 5.92 Å². The predicted octanol–water partition coefficient (Wildman–Crippen LogP) is 7.89. The third kappa shape index (κ3) is 5.21. The van der Waals surface area contributed by atoms with Gasteiger partial charge in [0.05, 0.1) is 17.6 Å². The molecule has 0 radical (unpaired) electrons. The van der Waals surface area contributed by atoms with Crippen LogP contribution in [0.3, 0.4) is 0 Å². The fourth-order valence-corrected chi connectivity index (χ4v) is 5.23. The number of anilines is 1. The Kier molecular flexibility index (Phi) is 7.47. The normalized spacial score (nSPS) is 17.1. The molecule has 0 bridgehead atoms. The highest BCUT2D eigenvalue weighted by Crippen LogP contribution is 2.49. The molecule has 5 heteroatoms. The van der Waals surface area contributed by atoms with Gasteiger partial charge in [0.1, 0.15) is 18.2 Å². The molecule has 0 spiro atoms. The molecule has 2 atom stereocenters. The van der Waals surface area contributed by atoms with Crippen molar-refractivity contribution < 1.29 is 13.9 Å². The van der Waals surface area contributed by atoms with E-state index in [0.717, 1.165) is 34.9 Å². The first kappa shape index (κ1) is 24.3. The molecule has 4 aromatic rings. The highest BCUT2D eigenvalue weighted by atomic mass is 79.9. The lowest BCUT2D eigenvalue weighted by molar-refractivity contribution is -0.130. The minimum absolute atomic E-state index is 0.0462. The molecule has 5 rings (SSSR count). The molecule has 1 fully saturated rings. The Hall–Kier alpha value is -3.44. The Morgan fingerprint density at radius 1 is 0.833 bits per heavy atom. The van der Waals surface area contributed by atoms with Crippen molar-refractivity contribution in [3.05, 3.63) is 130 Å². The predicted molar refractivity (Wildman–Crippen MR) is 144 cm³/mol. The first-order chi connectivity index (χ1) is 17.6. The van der Waals surface area contributed by atoms with Gasteiger partial charge in [0.25, 0.3) is 0 Å². The number of carbonyl (C=O) groups excluding carboxylic acids is 1. The van der Waals surface area contributed by atoms with Crippen LogP contribution in [0, 0.1) is 11.7 Å².